The molecule has 0 aromatic heterocycles. The second-order valence-electron chi connectivity index (χ2n) is 5.61. The Morgan fingerprint density at radius 3 is 2.50 bits per heavy atom. The molecule has 2 aromatic rings. The third kappa shape index (κ3) is 2.85. The van der Waals surface area contributed by atoms with Gasteiger partial charge in [0.25, 0.3) is 0 Å². The predicted molar refractivity (Wildman–Crippen MR) is 81.6 cm³/mol. The number of aliphatic imine (C=N–C) groups is 1. The van der Waals surface area contributed by atoms with Gasteiger partial charge in [0.1, 0.15) is 29.6 Å². The first-order valence-corrected chi connectivity index (χ1v) is 6.95. The molecule has 1 aliphatic heterocycles. The number of nitrogens with zero attached hydrogens (tertiary/aromatic N) is 1. The summed E-state index contributed by atoms with van der Waals surface area (Å²) in [5.74, 6) is -0.763. The molecule has 22 heavy (non-hydrogen) atoms. The molecule has 0 bridgehead atoms. The Morgan fingerprint density at radius 1 is 1.09 bits per heavy atom. The lowest BCUT2D eigenvalue weighted by atomic mass is 9.90. The third-order valence-electron chi connectivity index (χ3n) is 3.70. The first kappa shape index (κ1) is 14.7. The van der Waals surface area contributed by atoms with E-state index in [1.807, 2.05) is 25.1 Å². The zero-order chi connectivity index (χ0) is 15.7. The van der Waals surface area contributed by atoms with Crippen molar-refractivity contribution in [3.05, 3.63) is 59.7 Å². The Kier molecular flexibility index (Phi) is 3.66. The second kappa shape index (κ2) is 5.50. The number of nitrogens with two attached hydrogens (primary N) is 1. The lowest BCUT2D eigenvalue weighted by Gasteiger charge is -2.30. The molecule has 2 N–H and O–H groups in total. The topological polar surface area (TPSA) is 47.6 Å². The highest BCUT2D eigenvalue weighted by Crippen LogP contribution is 2.31. The van der Waals surface area contributed by atoms with Crippen molar-refractivity contribution in [2.45, 2.75) is 12.5 Å². The molecule has 0 saturated heterocycles. The van der Waals surface area contributed by atoms with Gasteiger partial charge in [-0.2, -0.15) is 0 Å². The van der Waals surface area contributed by atoms with Crippen molar-refractivity contribution in [2.24, 2.45) is 10.7 Å². The first-order chi connectivity index (χ1) is 10.5. The molecule has 1 heterocycles. The number of benzene rings is 2. The molecule has 0 fully saturated rings. The van der Waals surface area contributed by atoms with Crippen molar-refractivity contribution in [3.8, 4) is 11.1 Å². The SMILES string of the molecule is CC1(c2cccc(-c3cc(F)cc(F)c3)c2)COCC(N)=N1. The van der Waals surface area contributed by atoms with Crippen LogP contribution in [0.3, 0.4) is 0 Å². The molecule has 0 saturated carbocycles. The molecule has 0 radical (unpaired) electrons. The van der Waals surface area contributed by atoms with E-state index < -0.39 is 17.2 Å². The van der Waals surface area contributed by atoms with E-state index in [1.165, 1.54) is 12.1 Å². The fraction of sp³-hybridized carbons (Fsp3) is 0.235. The van der Waals surface area contributed by atoms with Gasteiger partial charge in [0, 0.05) is 6.07 Å². The summed E-state index contributed by atoms with van der Waals surface area (Å²) >= 11 is 0. The van der Waals surface area contributed by atoms with Crippen LogP contribution in [0.2, 0.25) is 0 Å². The minimum Gasteiger partial charge on any atom is -0.386 e. The van der Waals surface area contributed by atoms with Crippen LogP contribution in [0.15, 0.2) is 47.5 Å². The normalized spacial score (nSPS) is 21.5. The Hall–Kier alpha value is -2.27. The highest BCUT2D eigenvalue weighted by molar-refractivity contribution is 5.82. The molecule has 1 atom stereocenters. The van der Waals surface area contributed by atoms with E-state index in [0.29, 0.717) is 24.6 Å². The standard InChI is InChI=1S/C17H16F2N2O/c1-17(10-22-9-16(20)21-17)13-4-2-3-11(5-13)12-6-14(18)8-15(19)7-12/h2-8H,9-10H2,1H3,(H2,20,21). The average molecular weight is 302 g/mol. The Morgan fingerprint density at radius 2 is 1.82 bits per heavy atom. The van der Waals surface area contributed by atoms with Crippen LogP contribution in [0, 0.1) is 11.6 Å². The smallest absolute Gasteiger partial charge is 0.126 e. The molecular weight excluding hydrogens is 286 g/mol. The molecule has 1 aliphatic rings. The van der Waals surface area contributed by atoms with Crippen molar-refractivity contribution in [1.82, 2.24) is 0 Å². The van der Waals surface area contributed by atoms with E-state index in [4.69, 9.17) is 10.5 Å². The number of hydrogen-bond donors (Lipinski definition) is 1. The summed E-state index contributed by atoms with van der Waals surface area (Å²) in [5.41, 5.74) is 7.26. The number of hydrogen-bond acceptors (Lipinski definition) is 3. The molecule has 5 heteroatoms. The van der Waals surface area contributed by atoms with Gasteiger partial charge in [0.2, 0.25) is 0 Å². The van der Waals surface area contributed by atoms with Gasteiger partial charge in [-0.15, -0.1) is 0 Å². The summed E-state index contributed by atoms with van der Waals surface area (Å²) in [6, 6.07) is 10.9. The molecule has 1 unspecified atom stereocenters. The molecule has 3 rings (SSSR count). The minimum absolute atomic E-state index is 0.324. The monoisotopic (exact) mass is 302 g/mol. The summed E-state index contributed by atoms with van der Waals surface area (Å²) in [6.45, 7) is 2.66. The van der Waals surface area contributed by atoms with E-state index in [1.54, 1.807) is 6.07 Å². The highest BCUT2D eigenvalue weighted by Gasteiger charge is 2.30. The van der Waals surface area contributed by atoms with Crippen LogP contribution < -0.4 is 5.73 Å². The Balaban J connectivity index is 2.05. The zero-order valence-corrected chi connectivity index (χ0v) is 12.1. The summed E-state index contributed by atoms with van der Waals surface area (Å²) in [6.07, 6.45) is 0. The van der Waals surface area contributed by atoms with Gasteiger partial charge >= 0.3 is 0 Å². The van der Waals surface area contributed by atoms with Crippen molar-refractivity contribution in [2.75, 3.05) is 13.2 Å². The number of halogens is 2. The molecule has 0 aliphatic carbocycles. The maximum Gasteiger partial charge on any atom is 0.126 e. The molecule has 0 spiro atoms. The van der Waals surface area contributed by atoms with Crippen LogP contribution in [0.4, 0.5) is 8.78 Å². The van der Waals surface area contributed by atoms with Crippen molar-refractivity contribution < 1.29 is 13.5 Å². The summed E-state index contributed by atoms with van der Waals surface area (Å²) in [7, 11) is 0. The minimum atomic E-state index is -0.602. The predicted octanol–water partition coefficient (Wildman–Crippen LogP) is 3.23. The van der Waals surface area contributed by atoms with Gasteiger partial charge in [0.15, 0.2) is 0 Å². The molecular formula is C17H16F2N2O. The molecule has 0 amide bonds. The van der Waals surface area contributed by atoms with E-state index >= 15 is 0 Å². The molecule has 3 nitrogen and oxygen atoms in total. The fourth-order valence-corrected chi connectivity index (χ4v) is 2.64. The van der Waals surface area contributed by atoms with E-state index in [9.17, 15) is 8.78 Å². The lowest BCUT2D eigenvalue weighted by Crippen LogP contribution is -2.37. The lowest BCUT2D eigenvalue weighted by molar-refractivity contribution is 0.106. The van der Waals surface area contributed by atoms with Crippen molar-refractivity contribution >= 4 is 5.84 Å². The summed E-state index contributed by atoms with van der Waals surface area (Å²) in [4.78, 5) is 4.48. The summed E-state index contributed by atoms with van der Waals surface area (Å²) in [5, 5.41) is 0. The fourth-order valence-electron chi connectivity index (χ4n) is 2.64. The summed E-state index contributed by atoms with van der Waals surface area (Å²) < 4.78 is 32.3. The van der Waals surface area contributed by atoms with Gasteiger partial charge in [-0.3, -0.25) is 4.99 Å². The van der Waals surface area contributed by atoms with E-state index in [-0.39, 0.29) is 0 Å². The van der Waals surface area contributed by atoms with E-state index in [0.717, 1.165) is 17.2 Å². The van der Waals surface area contributed by atoms with Crippen LogP contribution in [0.5, 0.6) is 0 Å². The Bertz CT molecular complexity index is 725. The number of amidine groups is 1. The maximum atomic E-state index is 13.4. The van der Waals surface area contributed by atoms with Gasteiger partial charge in [-0.1, -0.05) is 18.2 Å². The van der Waals surface area contributed by atoms with Crippen LogP contribution in [0.1, 0.15) is 12.5 Å². The van der Waals surface area contributed by atoms with Gasteiger partial charge < -0.3 is 10.5 Å². The number of rotatable bonds is 2. The van der Waals surface area contributed by atoms with E-state index in [2.05, 4.69) is 4.99 Å². The molecule has 2 aromatic carbocycles. The second-order valence-corrected chi connectivity index (χ2v) is 5.61. The zero-order valence-electron chi connectivity index (χ0n) is 12.1. The maximum absolute atomic E-state index is 13.4. The van der Waals surface area contributed by atoms with Gasteiger partial charge in [-0.05, 0) is 41.8 Å². The highest BCUT2D eigenvalue weighted by atomic mass is 19.1. The van der Waals surface area contributed by atoms with Gasteiger partial charge in [0.05, 0.1) is 6.61 Å². The number of ether oxygens (including phenoxy) is 1. The van der Waals surface area contributed by atoms with Crippen LogP contribution >= 0.6 is 0 Å². The first-order valence-electron chi connectivity index (χ1n) is 6.95. The van der Waals surface area contributed by atoms with Crippen molar-refractivity contribution in [3.63, 3.8) is 0 Å². The average Bonchev–Trinajstić information content (AvgIpc) is 2.46. The quantitative estimate of drug-likeness (QED) is 0.926. The third-order valence-corrected chi connectivity index (χ3v) is 3.70. The van der Waals surface area contributed by atoms with Crippen LogP contribution in [0.25, 0.3) is 11.1 Å². The van der Waals surface area contributed by atoms with Crippen molar-refractivity contribution in [1.29, 1.82) is 0 Å². The molecule has 114 valence electrons. The largest absolute Gasteiger partial charge is 0.386 e. The Labute approximate surface area is 127 Å². The van der Waals surface area contributed by atoms with Gasteiger partial charge in [-0.25, -0.2) is 8.78 Å². The van der Waals surface area contributed by atoms with Crippen LogP contribution in [-0.4, -0.2) is 19.0 Å². The van der Waals surface area contributed by atoms with Crippen LogP contribution in [-0.2, 0) is 10.3 Å².